The van der Waals surface area contributed by atoms with E-state index >= 15 is 0 Å². The minimum Gasteiger partial charge on any atom is -0.304 e. The molecule has 0 aromatic heterocycles. The van der Waals surface area contributed by atoms with Crippen LogP contribution in [-0.2, 0) is 0 Å². The largest absolute Gasteiger partial charge is 0.340 e. The molecule has 1 atom stereocenters. The van der Waals surface area contributed by atoms with Crippen molar-refractivity contribution in [3.05, 3.63) is 35.9 Å². The maximum atomic E-state index is 13.1. The Morgan fingerprint density at radius 3 is 2.40 bits per heavy atom. The molecule has 1 rings (SSSR count). The third-order valence-corrected chi connectivity index (χ3v) is 2.28. The zero-order valence-corrected chi connectivity index (χ0v) is 9.27. The number of nitrogens with one attached hydrogen (secondary N) is 1. The molecule has 0 saturated carbocycles. The van der Waals surface area contributed by atoms with Crippen LogP contribution in [0.3, 0.4) is 0 Å². The van der Waals surface area contributed by atoms with E-state index in [9.17, 15) is 8.78 Å². The van der Waals surface area contributed by atoms with Crippen LogP contribution in [0.5, 0.6) is 0 Å². The summed E-state index contributed by atoms with van der Waals surface area (Å²) in [6.07, 6.45) is 0.788. The van der Waals surface area contributed by atoms with E-state index in [2.05, 4.69) is 5.32 Å². The maximum Gasteiger partial charge on any atom is 0.340 e. The molecular weight excluding hydrogens is 220 g/mol. The van der Waals surface area contributed by atoms with E-state index in [-0.39, 0.29) is 0 Å². The molecule has 84 valence electrons. The van der Waals surface area contributed by atoms with E-state index in [0.29, 0.717) is 12.1 Å². The first-order valence-corrected chi connectivity index (χ1v) is 5.28. The molecule has 0 bridgehead atoms. The Morgan fingerprint density at radius 1 is 1.33 bits per heavy atom. The summed E-state index contributed by atoms with van der Waals surface area (Å²) in [5.41, 5.74) is 0.506. The van der Waals surface area contributed by atoms with Crippen LogP contribution in [0.15, 0.2) is 30.3 Å². The molecule has 0 radical (unpaired) electrons. The molecule has 1 aromatic carbocycles. The Labute approximate surface area is 93.4 Å². The number of halogens is 3. The van der Waals surface area contributed by atoms with Crippen molar-refractivity contribution < 1.29 is 8.78 Å². The van der Waals surface area contributed by atoms with E-state index < -0.39 is 11.4 Å². The van der Waals surface area contributed by atoms with Crippen LogP contribution in [0.25, 0.3) is 0 Å². The van der Waals surface area contributed by atoms with Gasteiger partial charge in [-0.3, -0.25) is 0 Å². The second kappa shape index (κ2) is 5.42. The lowest BCUT2D eigenvalue weighted by molar-refractivity contribution is 0.0497. The predicted octanol–water partition coefficient (Wildman–Crippen LogP) is 3.56. The monoisotopic (exact) mass is 233 g/mol. The van der Waals surface area contributed by atoms with Crippen molar-refractivity contribution >= 4 is 11.6 Å². The fourth-order valence-electron chi connectivity index (χ4n) is 1.36. The van der Waals surface area contributed by atoms with Crippen LogP contribution < -0.4 is 5.32 Å². The Kier molecular flexibility index (Phi) is 4.48. The summed E-state index contributed by atoms with van der Waals surface area (Å²) in [7, 11) is 0. The van der Waals surface area contributed by atoms with Crippen molar-refractivity contribution in [3.63, 3.8) is 0 Å². The molecule has 1 N–H and O–H groups in total. The summed E-state index contributed by atoms with van der Waals surface area (Å²) in [5.74, 6) is 0. The minimum absolute atomic E-state index is 0.506. The Morgan fingerprint density at radius 2 is 1.93 bits per heavy atom. The lowest BCUT2D eigenvalue weighted by Crippen LogP contribution is -2.33. The van der Waals surface area contributed by atoms with Crippen LogP contribution in [0.1, 0.15) is 24.9 Å². The Hall–Kier alpha value is -0.670. The van der Waals surface area contributed by atoms with Gasteiger partial charge in [-0.15, -0.1) is 0 Å². The summed E-state index contributed by atoms with van der Waals surface area (Å²) in [6.45, 7) is 2.43. The highest BCUT2D eigenvalue weighted by molar-refractivity contribution is 6.22. The zero-order valence-electron chi connectivity index (χ0n) is 8.51. The van der Waals surface area contributed by atoms with Gasteiger partial charge in [0.2, 0.25) is 0 Å². The lowest BCUT2D eigenvalue weighted by Gasteiger charge is -2.23. The number of hydrogen-bond donors (Lipinski definition) is 1. The van der Waals surface area contributed by atoms with Crippen LogP contribution >= 0.6 is 11.6 Å². The number of alkyl halides is 3. The molecule has 0 amide bonds. The van der Waals surface area contributed by atoms with E-state index in [1.165, 1.54) is 0 Å². The highest BCUT2D eigenvalue weighted by Crippen LogP contribution is 2.34. The summed E-state index contributed by atoms with van der Waals surface area (Å²) < 4.78 is 26.2. The Balaban J connectivity index is 2.82. The van der Waals surface area contributed by atoms with Gasteiger partial charge >= 0.3 is 5.38 Å². The number of rotatable bonds is 5. The average Bonchev–Trinajstić information content (AvgIpc) is 2.18. The van der Waals surface area contributed by atoms with Crippen molar-refractivity contribution in [3.8, 4) is 0 Å². The first kappa shape index (κ1) is 12.4. The molecule has 1 aromatic rings. The molecule has 1 nitrogen and oxygen atoms in total. The maximum absolute atomic E-state index is 13.1. The van der Waals surface area contributed by atoms with Crippen molar-refractivity contribution in [1.82, 2.24) is 5.32 Å². The molecule has 0 aliphatic rings. The van der Waals surface area contributed by atoms with E-state index in [1.54, 1.807) is 30.3 Å². The van der Waals surface area contributed by atoms with E-state index in [0.717, 1.165) is 6.42 Å². The summed E-state index contributed by atoms with van der Waals surface area (Å²) in [5, 5.41) is -0.524. The third-order valence-electron chi connectivity index (χ3n) is 2.06. The van der Waals surface area contributed by atoms with Gasteiger partial charge in [0, 0.05) is 0 Å². The molecule has 0 heterocycles. The summed E-state index contributed by atoms with van der Waals surface area (Å²) >= 11 is 5.07. The first-order valence-electron chi connectivity index (χ1n) is 4.90. The molecule has 0 fully saturated rings. The van der Waals surface area contributed by atoms with Gasteiger partial charge in [-0.25, -0.2) is 0 Å². The second-order valence-corrected chi connectivity index (χ2v) is 3.84. The highest BCUT2D eigenvalue weighted by Gasteiger charge is 2.37. The Bertz CT molecular complexity index is 284. The molecule has 15 heavy (non-hydrogen) atoms. The predicted molar refractivity (Wildman–Crippen MR) is 58.3 cm³/mol. The fraction of sp³-hybridized carbons (Fsp3) is 0.455. The van der Waals surface area contributed by atoms with Gasteiger partial charge in [-0.1, -0.05) is 37.3 Å². The van der Waals surface area contributed by atoms with Crippen LogP contribution in [-0.4, -0.2) is 11.9 Å². The molecule has 0 saturated heterocycles. The van der Waals surface area contributed by atoms with Crippen molar-refractivity contribution in [2.75, 3.05) is 6.54 Å². The van der Waals surface area contributed by atoms with Crippen LogP contribution in [0.2, 0.25) is 0 Å². The van der Waals surface area contributed by atoms with Gasteiger partial charge in [0.15, 0.2) is 0 Å². The van der Waals surface area contributed by atoms with Gasteiger partial charge in [-0.2, -0.15) is 8.78 Å². The standard InChI is InChI=1S/C11H14ClF2N/c1-2-8-15-10(11(12,13)14)9-6-4-3-5-7-9/h3-7,10,15H,2,8H2,1H3. The van der Waals surface area contributed by atoms with Crippen LogP contribution in [0.4, 0.5) is 8.78 Å². The minimum atomic E-state index is -3.27. The molecule has 0 aliphatic heterocycles. The topological polar surface area (TPSA) is 12.0 Å². The quantitative estimate of drug-likeness (QED) is 0.767. The normalized spacial score (nSPS) is 13.9. The van der Waals surface area contributed by atoms with Crippen molar-refractivity contribution in [2.24, 2.45) is 0 Å². The lowest BCUT2D eigenvalue weighted by atomic mass is 10.1. The molecule has 0 aliphatic carbocycles. The van der Waals surface area contributed by atoms with Gasteiger partial charge in [0.1, 0.15) is 6.04 Å². The van der Waals surface area contributed by atoms with Gasteiger partial charge in [0.05, 0.1) is 0 Å². The van der Waals surface area contributed by atoms with Gasteiger partial charge in [-0.05, 0) is 30.1 Å². The van der Waals surface area contributed by atoms with Crippen LogP contribution in [0, 0.1) is 0 Å². The number of benzene rings is 1. The van der Waals surface area contributed by atoms with Gasteiger partial charge in [0.25, 0.3) is 0 Å². The molecule has 0 spiro atoms. The van der Waals surface area contributed by atoms with Crippen molar-refractivity contribution in [1.29, 1.82) is 0 Å². The first-order chi connectivity index (χ1) is 7.05. The zero-order chi connectivity index (χ0) is 11.3. The smallest absolute Gasteiger partial charge is 0.304 e. The molecule has 1 unspecified atom stereocenters. The number of hydrogen-bond acceptors (Lipinski definition) is 1. The molecular formula is C11H14ClF2N. The van der Waals surface area contributed by atoms with E-state index in [1.807, 2.05) is 6.92 Å². The summed E-state index contributed by atoms with van der Waals surface area (Å²) in [6, 6.07) is 7.39. The van der Waals surface area contributed by atoms with E-state index in [4.69, 9.17) is 11.6 Å². The highest BCUT2D eigenvalue weighted by atomic mass is 35.5. The SMILES string of the molecule is CCCNC(c1ccccc1)C(F)(F)Cl. The fourth-order valence-corrected chi connectivity index (χ4v) is 1.56. The summed E-state index contributed by atoms with van der Waals surface area (Å²) in [4.78, 5) is 0. The second-order valence-electron chi connectivity index (χ2n) is 3.34. The third kappa shape index (κ3) is 3.76. The van der Waals surface area contributed by atoms with Crippen molar-refractivity contribution in [2.45, 2.75) is 24.8 Å². The van der Waals surface area contributed by atoms with Gasteiger partial charge < -0.3 is 5.32 Å². The average molecular weight is 234 g/mol. The molecule has 4 heteroatoms.